The lowest BCUT2D eigenvalue weighted by Crippen LogP contribution is -2.57. The molecule has 1 saturated heterocycles. The zero-order valence-corrected chi connectivity index (χ0v) is 12.1. The monoisotopic (exact) mass is 276 g/mol. The van der Waals surface area contributed by atoms with Gasteiger partial charge in [-0.05, 0) is 39.5 Å². The number of carbonyl (C=O) groups excluding carboxylic acids is 1. The van der Waals surface area contributed by atoms with Crippen LogP contribution in [-0.4, -0.2) is 40.6 Å². The average molecular weight is 277 g/mol. The first-order chi connectivity index (χ1) is 7.85. The zero-order chi connectivity index (χ0) is 12.7. The van der Waals surface area contributed by atoms with Gasteiger partial charge in [0, 0.05) is 18.5 Å². The first-order valence-corrected chi connectivity index (χ1v) is 6.61. The van der Waals surface area contributed by atoms with Crippen LogP contribution in [0.2, 0.25) is 0 Å². The molecule has 0 bridgehead atoms. The van der Waals surface area contributed by atoms with Crippen LogP contribution in [0.3, 0.4) is 0 Å². The van der Waals surface area contributed by atoms with E-state index >= 15 is 0 Å². The van der Waals surface area contributed by atoms with Gasteiger partial charge in [-0.3, -0.25) is 4.79 Å². The van der Waals surface area contributed by atoms with Crippen molar-refractivity contribution in [3.05, 3.63) is 0 Å². The van der Waals surface area contributed by atoms with E-state index in [1.165, 1.54) is 0 Å². The van der Waals surface area contributed by atoms with Gasteiger partial charge in [-0.25, -0.2) is 0 Å². The fourth-order valence-electron chi connectivity index (χ4n) is 3.34. The summed E-state index contributed by atoms with van der Waals surface area (Å²) in [6.45, 7) is 4.98. The van der Waals surface area contributed by atoms with Crippen LogP contribution in [0.25, 0.3) is 0 Å². The van der Waals surface area contributed by atoms with Crippen molar-refractivity contribution in [2.75, 3.05) is 13.1 Å². The van der Waals surface area contributed by atoms with Crippen LogP contribution in [0.15, 0.2) is 0 Å². The maximum Gasteiger partial charge on any atom is 0.242 e. The summed E-state index contributed by atoms with van der Waals surface area (Å²) in [6, 6.07) is 0. The summed E-state index contributed by atoms with van der Waals surface area (Å²) in [6.07, 6.45) is 4.80. The third kappa shape index (κ3) is 2.81. The lowest BCUT2D eigenvalue weighted by atomic mass is 9.76. The molecule has 0 unspecified atom stereocenters. The average Bonchev–Trinajstić information content (AvgIpc) is 2.58. The molecular weight excluding hydrogens is 252 g/mol. The van der Waals surface area contributed by atoms with Crippen molar-refractivity contribution in [2.45, 2.75) is 57.6 Å². The van der Waals surface area contributed by atoms with Crippen molar-refractivity contribution >= 4 is 18.3 Å². The van der Waals surface area contributed by atoms with Crippen LogP contribution in [0.4, 0.5) is 0 Å². The predicted molar refractivity (Wildman–Crippen MR) is 73.6 cm³/mol. The number of piperidine rings is 1. The van der Waals surface area contributed by atoms with Gasteiger partial charge in [0.2, 0.25) is 5.91 Å². The van der Waals surface area contributed by atoms with E-state index < -0.39 is 5.54 Å². The Morgan fingerprint density at radius 2 is 2.00 bits per heavy atom. The summed E-state index contributed by atoms with van der Waals surface area (Å²) in [4.78, 5) is 14.0. The van der Waals surface area contributed by atoms with Crippen molar-refractivity contribution in [1.29, 1.82) is 0 Å². The molecule has 2 aliphatic rings. The summed E-state index contributed by atoms with van der Waals surface area (Å²) < 4.78 is 0. The fourth-order valence-corrected chi connectivity index (χ4v) is 3.34. The number of nitrogens with zero attached hydrogens (tertiary/aromatic N) is 1. The van der Waals surface area contributed by atoms with Crippen LogP contribution >= 0.6 is 12.4 Å². The van der Waals surface area contributed by atoms with Gasteiger partial charge in [-0.15, -0.1) is 12.4 Å². The minimum Gasteiger partial charge on any atom is -0.392 e. The van der Waals surface area contributed by atoms with Crippen molar-refractivity contribution in [1.82, 2.24) is 4.90 Å². The predicted octanol–water partition coefficient (Wildman–Crippen LogP) is 1.30. The molecule has 1 spiro atoms. The zero-order valence-electron chi connectivity index (χ0n) is 11.3. The Hall–Kier alpha value is -0.320. The lowest BCUT2D eigenvalue weighted by Gasteiger charge is -2.44. The molecule has 0 aromatic carbocycles. The third-order valence-corrected chi connectivity index (χ3v) is 4.31. The summed E-state index contributed by atoms with van der Waals surface area (Å²) in [5, 5.41) is 10.1. The molecule has 1 saturated carbocycles. The van der Waals surface area contributed by atoms with E-state index in [-0.39, 0.29) is 29.8 Å². The summed E-state index contributed by atoms with van der Waals surface area (Å²) in [5.74, 6) is 0.00988. The number of rotatable bonds is 1. The Labute approximate surface area is 115 Å². The number of halogens is 1. The van der Waals surface area contributed by atoms with E-state index in [0.29, 0.717) is 6.54 Å². The molecule has 0 aromatic heterocycles. The van der Waals surface area contributed by atoms with Crippen LogP contribution in [0.1, 0.15) is 46.0 Å². The van der Waals surface area contributed by atoms with E-state index in [0.717, 1.165) is 38.6 Å². The number of likely N-dealkylation sites (tertiary alicyclic amines) is 1. The van der Waals surface area contributed by atoms with Crippen LogP contribution in [0, 0.1) is 5.41 Å². The first-order valence-electron chi connectivity index (χ1n) is 6.61. The summed E-state index contributed by atoms with van der Waals surface area (Å²) in [5.41, 5.74) is 5.03. The van der Waals surface area contributed by atoms with Gasteiger partial charge in [0.05, 0.1) is 11.6 Å². The second kappa shape index (κ2) is 5.35. The number of hydrogen-bond acceptors (Lipinski definition) is 3. The van der Waals surface area contributed by atoms with Crippen LogP contribution in [-0.2, 0) is 4.79 Å². The molecule has 2 atom stereocenters. The lowest BCUT2D eigenvalue weighted by molar-refractivity contribution is -0.141. The standard InChI is InChI=1S/C13H24N2O2.ClH/c1-12(2,14)11(17)15-8-4-7-13(9-15)6-3-5-10(13)16;/h10,16H,3-9,14H2,1-2H3;1H/t10-,13-;/m1./s1. The summed E-state index contributed by atoms with van der Waals surface area (Å²) >= 11 is 0. The summed E-state index contributed by atoms with van der Waals surface area (Å²) in [7, 11) is 0. The Morgan fingerprint density at radius 1 is 1.39 bits per heavy atom. The highest BCUT2D eigenvalue weighted by Gasteiger charge is 2.46. The molecule has 1 amide bonds. The van der Waals surface area contributed by atoms with E-state index in [2.05, 4.69) is 0 Å². The van der Waals surface area contributed by atoms with E-state index in [1.807, 2.05) is 4.90 Å². The minimum atomic E-state index is -0.803. The molecule has 18 heavy (non-hydrogen) atoms. The smallest absolute Gasteiger partial charge is 0.242 e. The number of aliphatic hydroxyl groups excluding tert-OH is 1. The van der Waals surface area contributed by atoms with E-state index in [9.17, 15) is 9.90 Å². The van der Waals surface area contributed by atoms with E-state index in [1.54, 1.807) is 13.8 Å². The van der Waals surface area contributed by atoms with Crippen molar-refractivity contribution < 1.29 is 9.90 Å². The van der Waals surface area contributed by atoms with Crippen molar-refractivity contribution in [3.8, 4) is 0 Å². The SMILES string of the molecule is CC(C)(N)C(=O)N1CCC[C@]2(CCC[C@H]2O)C1.Cl. The molecule has 2 rings (SSSR count). The number of hydrogen-bond donors (Lipinski definition) is 2. The van der Waals surface area contributed by atoms with Crippen molar-refractivity contribution in [3.63, 3.8) is 0 Å². The number of nitrogens with two attached hydrogens (primary N) is 1. The molecule has 0 radical (unpaired) electrons. The maximum absolute atomic E-state index is 12.2. The largest absolute Gasteiger partial charge is 0.392 e. The van der Waals surface area contributed by atoms with Gasteiger partial charge < -0.3 is 15.7 Å². The molecule has 2 fully saturated rings. The third-order valence-electron chi connectivity index (χ3n) is 4.31. The topological polar surface area (TPSA) is 66.6 Å². The highest BCUT2D eigenvalue weighted by Crippen LogP contribution is 2.45. The Balaban J connectivity index is 0.00000162. The normalized spacial score (nSPS) is 32.4. The Morgan fingerprint density at radius 3 is 2.50 bits per heavy atom. The quantitative estimate of drug-likeness (QED) is 0.759. The molecule has 0 aromatic rings. The van der Waals surface area contributed by atoms with Crippen LogP contribution in [0.5, 0.6) is 0 Å². The molecule has 106 valence electrons. The van der Waals surface area contributed by atoms with Gasteiger partial charge in [0.1, 0.15) is 0 Å². The maximum atomic E-state index is 12.2. The fraction of sp³-hybridized carbons (Fsp3) is 0.923. The van der Waals surface area contributed by atoms with Gasteiger partial charge in [-0.2, -0.15) is 0 Å². The number of carbonyl (C=O) groups is 1. The molecule has 1 aliphatic heterocycles. The molecule has 3 N–H and O–H groups in total. The van der Waals surface area contributed by atoms with Gasteiger partial charge in [0.25, 0.3) is 0 Å². The van der Waals surface area contributed by atoms with Gasteiger partial charge in [0.15, 0.2) is 0 Å². The van der Waals surface area contributed by atoms with E-state index in [4.69, 9.17) is 5.73 Å². The van der Waals surface area contributed by atoms with Gasteiger partial charge in [-0.1, -0.05) is 6.42 Å². The molecular formula is C13H25ClN2O2. The minimum absolute atomic E-state index is 0. The van der Waals surface area contributed by atoms with Gasteiger partial charge >= 0.3 is 0 Å². The Bertz CT molecular complexity index is 317. The molecule has 1 heterocycles. The second-order valence-electron chi connectivity index (χ2n) is 6.32. The Kier molecular flexibility index (Phi) is 4.68. The highest BCUT2D eigenvalue weighted by atomic mass is 35.5. The molecule has 5 heteroatoms. The number of amides is 1. The van der Waals surface area contributed by atoms with Crippen molar-refractivity contribution in [2.24, 2.45) is 11.1 Å². The highest BCUT2D eigenvalue weighted by molar-refractivity contribution is 5.85. The number of aliphatic hydroxyl groups is 1. The second-order valence-corrected chi connectivity index (χ2v) is 6.32. The van der Waals surface area contributed by atoms with Crippen LogP contribution < -0.4 is 5.73 Å². The first kappa shape index (κ1) is 15.7. The molecule has 1 aliphatic carbocycles. The molecule has 4 nitrogen and oxygen atoms in total.